The molecule has 0 unspecified atom stereocenters. The molecule has 37 heavy (non-hydrogen) atoms. The van der Waals surface area contributed by atoms with Crippen LogP contribution in [-0.4, -0.2) is 82.0 Å². The maximum atomic E-state index is 13.2. The molecule has 0 aliphatic carbocycles. The van der Waals surface area contributed by atoms with Crippen LogP contribution in [0.1, 0.15) is 25.8 Å². The monoisotopic (exact) mass is 533 g/mol. The number of hydrogen-bond acceptors (Lipinski definition) is 7. The summed E-state index contributed by atoms with van der Waals surface area (Å²) in [5.74, 6) is 0.418. The van der Waals surface area contributed by atoms with Gasteiger partial charge in [0.05, 0.1) is 25.2 Å². The number of carbonyl (C=O) groups excluding carboxylic acids is 2. The van der Waals surface area contributed by atoms with Gasteiger partial charge in [-0.15, -0.1) is 0 Å². The van der Waals surface area contributed by atoms with Crippen molar-refractivity contribution in [1.82, 2.24) is 14.5 Å². The van der Waals surface area contributed by atoms with Crippen molar-refractivity contribution in [1.29, 1.82) is 0 Å². The molecule has 1 saturated heterocycles. The predicted octanol–water partition coefficient (Wildman–Crippen LogP) is 2.04. The second kappa shape index (κ2) is 13.4. The Morgan fingerprint density at radius 2 is 1.68 bits per heavy atom. The van der Waals surface area contributed by atoms with Gasteiger partial charge < -0.3 is 24.4 Å². The van der Waals surface area contributed by atoms with E-state index in [1.54, 1.807) is 26.2 Å². The van der Waals surface area contributed by atoms with Crippen LogP contribution in [0.2, 0.25) is 0 Å². The minimum absolute atomic E-state index is 0.149. The molecule has 0 radical (unpaired) electrons. The van der Waals surface area contributed by atoms with Gasteiger partial charge in [0.25, 0.3) is 5.91 Å². The van der Waals surface area contributed by atoms with E-state index < -0.39 is 16.1 Å². The van der Waals surface area contributed by atoms with Crippen LogP contribution in [0.4, 0.5) is 0 Å². The Labute approximate surface area is 218 Å². The van der Waals surface area contributed by atoms with Crippen LogP contribution >= 0.6 is 0 Å². The van der Waals surface area contributed by atoms with E-state index in [9.17, 15) is 18.0 Å². The number of ether oxygens (including phenoxy) is 3. The third-order valence-electron chi connectivity index (χ3n) is 6.02. The number of morpholine rings is 1. The molecule has 1 aliphatic rings. The van der Waals surface area contributed by atoms with Gasteiger partial charge in [-0.05, 0) is 55.3 Å². The number of hydrogen-bond donors (Lipinski definition) is 1. The topological polar surface area (TPSA) is 114 Å². The molecule has 11 heteroatoms. The average Bonchev–Trinajstić information content (AvgIpc) is 2.94. The summed E-state index contributed by atoms with van der Waals surface area (Å²) < 4.78 is 43.1. The third-order valence-corrected chi connectivity index (χ3v) is 7.94. The van der Waals surface area contributed by atoms with Crippen molar-refractivity contribution in [3.63, 3.8) is 0 Å². The molecule has 10 nitrogen and oxygen atoms in total. The van der Waals surface area contributed by atoms with Crippen molar-refractivity contribution in [2.24, 2.45) is 0 Å². The van der Waals surface area contributed by atoms with E-state index in [2.05, 4.69) is 5.32 Å². The molecule has 2 aromatic carbocycles. The van der Waals surface area contributed by atoms with Gasteiger partial charge in [-0.2, -0.15) is 4.31 Å². The first kappa shape index (κ1) is 28.4. The second-order valence-electron chi connectivity index (χ2n) is 8.61. The van der Waals surface area contributed by atoms with Gasteiger partial charge in [0.2, 0.25) is 15.9 Å². The number of rotatable bonds is 12. The van der Waals surface area contributed by atoms with E-state index in [1.165, 1.54) is 33.5 Å². The zero-order valence-electron chi connectivity index (χ0n) is 21.5. The van der Waals surface area contributed by atoms with E-state index in [0.29, 0.717) is 44.3 Å². The normalized spacial score (nSPS) is 15.0. The van der Waals surface area contributed by atoms with Crippen molar-refractivity contribution < 1.29 is 32.2 Å². The predicted molar refractivity (Wildman–Crippen MR) is 138 cm³/mol. The maximum Gasteiger partial charge on any atom is 0.261 e. The Morgan fingerprint density at radius 3 is 2.27 bits per heavy atom. The van der Waals surface area contributed by atoms with Crippen LogP contribution in [0.15, 0.2) is 53.4 Å². The Morgan fingerprint density at radius 1 is 1.05 bits per heavy atom. The number of amides is 2. The van der Waals surface area contributed by atoms with Crippen molar-refractivity contribution in [2.75, 3.05) is 46.6 Å². The Balaban J connectivity index is 1.68. The first-order valence-electron chi connectivity index (χ1n) is 12.3. The molecule has 1 aliphatic heterocycles. The quantitative estimate of drug-likeness (QED) is 0.444. The fourth-order valence-corrected chi connectivity index (χ4v) is 5.19. The molecule has 0 saturated carbocycles. The summed E-state index contributed by atoms with van der Waals surface area (Å²) in [6, 6.07) is 12.5. The standard InChI is InChI=1S/C26H35N3O7S/c1-4-13-27-26(31)20(2)29(18-21-5-7-22(34-3)8-6-21)25(30)19-36-23-9-11-24(12-10-23)37(32,33)28-14-16-35-17-15-28/h5-12,20H,4,13-19H2,1-3H3,(H,27,31)/t20-/m0/s1. The highest BCUT2D eigenvalue weighted by Gasteiger charge is 2.28. The highest BCUT2D eigenvalue weighted by Crippen LogP contribution is 2.21. The van der Waals surface area contributed by atoms with E-state index in [4.69, 9.17) is 14.2 Å². The summed E-state index contributed by atoms with van der Waals surface area (Å²) >= 11 is 0. The first-order chi connectivity index (χ1) is 17.8. The molecule has 1 atom stereocenters. The summed E-state index contributed by atoms with van der Waals surface area (Å²) in [5, 5.41) is 2.83. The van der Waals surface area contributed by atoms with Gasteiger partial charge in [-0.1, -0.05) is 19.1 Å². The number of nitrogens with zero attached hydrogens (tertiary/aromatic N) is 2. The largest absolute Gasteiger partial charge is 0.497 e. The lowest BCUT2D eigenvalue weighted by atomic mass is 10.1. The van der Waals surface area contributed by atoms with Crippen LogP contribution in [0, 0.1) is 0 Å². The smallest absolute Gasteiger partial charge is 0.261 e. The van der Waals surface area contributed by atoms with Crippen molar-refractivity contribution >= 4 is 21.8 Å². The SMILES string of the molecule is CCCNC(=O)[C@H](C)N(Cc1ccc(OC)cc1)C(=O)COc1ccc(S(=O)(=O)N2CCOCC2)cc1. The van der Waals surface area contributed by atoms with Gasteiger partial charge in [-0.3, -0.25) is 9.59 Å². The molecule has 0 bridgehead atoms. The fourth-order valence-electron chi connectivity index (χ4n) is 3.78. The Bertz CT molecular complexity index is 1130. The van der Waals surface area contributed by atoms with Gasteiger partial charge in [-0.25, -0.2) is 8.42 Å². The molecule has 0 aromatic heterocycles. The van der Waals surface area contributed by atoms with Crippen molar-refractivity contribution in [2.45, 2.75) is 37.8 Å². The number of carbonyl (C=O) groups is 2. The summed E-state index contributed by atoms with van der Waals surface area (Å²) in [6.45, 7) is 5.40. The summed E-state index contributed by atoms with van der Waals surface area (Å²) in [7, 11) is -2.05. The molecule has 202 valence electrons. The molecular weight excluding hydrogens is 498 g/mol. The van der Waals surface area contributed by atoms with Gasteiger partial charge >= 0.3 is 0 Å². The number of methoxy groups -OCH3 is 1. The molecule has 2 amide bonds. The molecule has 0 spiro atoms. The van der Waals surface area contributed by atoms with Gasteiger partial charge in [0.1, 0.15) is 17.5 Å². The lowest BCUT2D eigenvalue weighted by Crippen LogP contribution is -2.49. The zero-order chi connectivity index (χ0) is 26.8. The second-order valence-corrected chi connectivity index (χ2v) is 10.6. The minimum Gasteiger partial charge on any atom is -0.497 e. The van der Waals surface area contributed by atoms with Gasteiger partial charge in [0.15, 0.2) is 6.61 Å². The van der Waals surface area contributed by atoms with Crippen LogP contribution in [0.5, 0.6) is 11.5 Å². The summed E-state index contributed by atoms with van der Waals surface area (Å²) in [6.07, 6.45) is 0.783. The van der Waals surface area contributed by atoms with Crippen LogP contribution in [-0.2, 0) is 30.9 Å². The van der Waals surface area contributed by atoms with Crippen LogP contribution in [0.3, 0.4) is 0 Å². The number of nitrogens with one attached hydrogen (secondary N) is 1. The van der Waals surface area contributed by atoms with E-state index in [1.807, 2.05) is 19.1 Å². The van der Waals surface area contributed by atoms with E-state index in [-0.39, 0.29) is 29.9 Å². The molecule has 3 rings (SSSR count). The number of sulfonamides is 1. The average molecular weight is 534 g/mol. The lowest BCUT2D eigenvalue weighted by molar-refractivity contribution is -0.142. The lowest BCUT2D eigenvalue weighted by Gasteiger charge is -2.29. The molecule has 1 fully saturated rings. The van der Waals surface area contributed by atoms with Crippen molar-refractivity contribution in [3.05, 3.63) is 54.1 Å². The Hall–Kier alpha value is -3.15. The molecular formula is C26H35N3O7S. The minimum atomic E-state index is -3.62. The summed E-state index contributed by atoms with van der Waals surface area (Å²) in [5.41, 5.74) is 0.835. The van der Waals surface area contributed by atoms with Crippen LogP contribution in [0.25, 0.3) is 0 Å². The molecule has 1 N–H and O–H groups in total. The maximum absolute atomic E-state index is 13.2. The fraction of sp³-hybridized carbons (Fsp3) is 0.462. The zero-order valence-corrected chi connectivity index (χ0v) is 22.3. The van der Waals surface area contributed by atoms with Crippen LogP contribution < -0.4 is 14.8 Å². The number of benzene rings is 2. The van der Waals surface area contributed by atoms with Gasteiger partial charge in [0, 0.05) is 26.2 Å². The van der Waals surface area contributed by atoms with E-state index in [0.717, 1.165) is 12.0 Å². The third kappa shape index (κ3) is 7.67. The van der Waals surface area contributed by atoms with Crippen molar-refractivity contribution in [3.8, 4) is 11.5 Å². The molecule has 1 heterocycles. The summed E-state index contributed by atoms with van der Waals surface area (Å²) in [4.78, 5) is 27.4. The molecule has 2 aromatic rings. The first-order valence-corrected chi connectivity index (χ1v) is 13.7. The van der Waals surface area contributed by atoms with E-state index >= 15 is 0 Å². The highest BCUT2D eigenvalue weighted by molar-refractivity contribution is 7.89. The highest BCUT2D eigenvalue weighted by atomic mass is 32.2. The Kier molecular flexibility index (Phi) is 10.3.